The van der Waals surface area contributed by atoms with Gasteiger partial charge in [-0.25, -0.2) is 0 Å². The van der Waals surface area contributed by atoms with Crippen molar-refractivity contribution in [1.82, 2.24) is 0 Å². The van der Waals surface area contributed by atoms with Crippen LogP contribution in [0.15, 0.2) is 35.0 Å². The molecule has 17 heavy (non-hydrogen) atoms. The summed E-state index contributed by atoms with van der Waals surface area (Å²) in [5.41, 5.74) is 2.63. The molecule has 1 heterocycles. The minimum Gasteiger partial charge on any atom is -0.468 e. The molecule has 0 spiro atoms. The third kappa shape index (κ3) is 1.30. The van der Waals surface area contributed by atoms with Gasteiger partial charge in [0.15, 0.2) is 5.78 Å². The molecule has 2 heteroatoms. The molecule has 2 nitrogen and oxygen atoms in total. The van der Waals surface area contributed by atoms with E-state index in [0.717, 1.165) is 35.3 Å². The molecule has 0 aromatic carbocycles. The first kappa shape index (κ1) is 10.6. The Balaban J connectivity index is 2.20. The highest BCUT2D eigenvalue weighted by molar-refractivity contribution is 6.03. The first-order chi connectivity index (χ1) is 8.03. The second-order valence-electron chi connectivity index (χ2n) is 5.46. The van der Waals surface area contributed by atoms with Gasteiger partial charge in [0.2, 0.25) is 0 Å². The van der Waals surface area contributed by atoms with Gasteiger partial charge in [0, 0.05) is 11.8 Å². The summed E-state index contributed by atoms with van der Waals surface area (Å²) >= 11 is 0. The van der Waals surface area contributed by atoms with Crippen LogP contribution in [0.4, 0.5) is 0 Å². The minimum atomic E-state index is -0.149. The highest BCUT2D eigenvalue weighted by Crippen LogP contribution is 2.48. The van der Waals surface area contributed by atoms with E-state index in [0.29, 0.717) is 0 Å². The average molecular weight is 228 g/mol. The minimum absolute atomic E-state index is 0.0729. The van der Waals surface area contributed by atoms with Crippen LogP contribution >= 0.6 is 0 Å². The number of rotatable bonds is 0. The molecule has 88 valence electrons. The zero-order valence-electron chi connectivity index (χ0n) is 10.2. The topological polar surface area (TPSA) is 30.2 Å². The van der Waals surface area contributed by atoms with E-state index in [1.165, 1.54) is 0 Å². The number of hydrogen-bond acceptors (Lipinski definition) is 2. The van der Waals surface area contributed by atoms with Gasteiger partial charge in [0.05, 0.1) is 17.7 Å². The summed E-state index contributed by atoms with van der Waals surface area (Å²) in [7, 11) is 0. The number of furan rings is 1. The Labute approximate surface area is 101 Å². The molecule has 0 fully saturated rings. The van der Waals surface area contributed by atoms with Gasteiger partial charge in [0.1, 0.15) is 5.76 Å². The van der Waals surface area contributed by atoms with Crippen LogP contribution < -0.4 is 0 Å². The van der Waals surface area contributed by atoms with E-state index < -0.39 is 0 Å². The summed E-state index contributed by atoms with van der Waals surface area (Å²) in [4.78, 5) is 12.6. The molecule has 0 aliphatic heterocycles. The zero-order chi connectivity index (χ0) is 12.2. The lowest BCUT2D eigenvalue weighted by atomic mass is 9.61. The highest BCUT2D eigenvalue weighted by Gasteiger charge is 2.47. The fourth-order valence-electron chi connectivity index (χ4n) is 3.26. The molecule has 1 aromatic heterocycles. The summed E-state index contributed by atoms with van der Waals surface area (Å²) in [6.45, 7) is 8.14. The third-order valence-electron chi connectivity index (χ3n) is 4.05. The van der Waals surface area contributed by atoms with Crippen molar-refractivity contribution in [2.75, 3.05) is 0 Å². The number of carbonyl (C=O) groups excluding carboxylic acids is 1. The number of carbonyl (C=O) groups is 1. The Bertz CT molecular complexity index is 547. The number of aryl methyl sites for hydroxylation is 1. The van der Waals surface area contributed by atoms with E-state index in [9.17, 15) is 4.79 Å². The van der Waals surface area contributed by atoms with Gasteiger partial charge in [-0.15, -0.1) is 0 Å². The van der Waals surface area contributed by atoms with Crippen LogP contribution in [0.25, 0.3) is 0 Å². The third-order valence-corrected chi connectivity index (χ3v) is 4.05. The zero-order valence-corrected chi connectivity index (χ0v) is 10.2. The number of hydrogen-bond donors (Lipinski definition) is 0. The van der Waals surface area contributed by atoms with Crippen molar-refractivity contribution in [1.29, 1.82) is 0 Å². The molecule has 1 aromatic rings. The second kappa shape index (κ2) is 3.22. The molecule has 0 N–H and O–H groups in total. The lowest BCUT2D eigenvalue weighted by Crippen LogP contribution is -2.41. The number of Topliss-reactive ketones (excluding diaryl/α,β-unsaturated/α-hetero) is 1. The van der Waals surface area contributed by atoms with Gasteiger partial charge in [-0.1, -0.05) is 31.2 Å². The van der Waals surface area contributed by atoms with Crippen LogP contribution in [-0.4, -0.2) is 5.78 Å². The Morgan fingerprint density at radius 3 is 3.06 bits per heavy atom. The van der Waals surface area contributed by atoms with Crippen molar-refractivity contribution < 1.29 is 9.21 Å². The normalized spacial score (nSPS) is 31.3. The fraction of sp³-hybridized carbons (Fsp3) is 0.400. The molecular weight excluding hydrogens is 212 g/mol. The van der Waals surface area contributed by atoms with E-state index in [2.05, 4.69) is 25.7 Å². The second-order valence-corrected chi connectivity index (χ2v) is 5.46. The molecule has 0 saturated carbocycles. The molecule has 2 aliphatic carbocycles. The maximum absolute atomic E-state index is 12.6. The molecule has 0 saturated heterocycles. The van der Waals surface area contributed by atoms with E-state index >= 15 is 0 Å². The lowest BCUT2D eigenvalue weighted by molar-refractivity contribution is 0.0824. The Morgan fingerprint density at radius 2 is 2.29 bits per heavy atom. The lowest BCUT2D eigenvalue weighted by Gasteiger charge is -2.41. The molecule has 0 radical (unpaired) electrons. The van der Waals surface area contributed by atoms with Crippen LogP contribution in [0.3, 0.4) is 0 Å². The number of fused-ring (bicyclic) bond motifs is 2. The molecule has 3 rings (SSSR count). The van der Waals surface area contributed by atoms with Gasteiger partial charge in [-0.3, -0.25) is 4.79 Å². The molecule has 0 bridgehead atoms. The molecule has 2 atom stereocenters. The van der Waals surface area contributed by atoms with Gasteiger partial charge in [0.25, 0.3) is 0 Å². The predicted molar refractivity (Wildman–Crippen MR) is 66.0 cm³/mol. The fourth-order valence-corrected chi connectivity index (χ4v) is 3.26. The average Bonchev–Trinajstić information content (AvgIpc) is 2.59. The maximum Gasteiger partial charge on any atom is 0.174 e. The van der Waals surface area contributed by atoms with Crippen molar-refractivity contribution in [3.8, 4) is 0 Å². The smallest absolute Gasteiger partial charge is 0.174 e. The summed E-state index contributed by atoms with van der Waals surface area (Å²) in [6.07, 6.45) is 7.58. The van der Waals surface area contributed by atoms with Crippen LogP contribution in [0, 0.1) is 18.3 Å². The summed E-state index contributed by atoms with van der Waals surface area (Å²) in [6, 6.07) is 0. The summed E-state index contributed by atoms with van der Waals surface area (Å²) in [5, 5.41) is 0. The molecule has 0 amide bonds. The monoisotopic (exact) mass is 228 g/mol. The SMILES string of the molecule is C=C1CC=CC2(C)Cc3occ(C)c3C(=O)C12. The molecule has 2 unspecified atom stereocenters. The quantitative estimate of drug-likeness (QED) is 0.636. The Kier molecular flexibility index (Phi) is 2.00. The number of allylic oxidation sites excluding steroid dienone is 3. The predicted octanol–water partition coefficient (Wildman–Crippen LogP) is 3.47. The van der Waals surface area contributed by atoms with E-state index in [1.807, 2.05) is 6.92 Å². The van der Waals surface area contributed by atoms with Crippen LogP contribution in [0.1, 0.15) is 35.0 Å². The van der Waals surface area contributed by atoms with Gasteiger partial charge in [-0.05, 0) is 18.9 Å². The first-order valence-electron chi connectivity index (χ1n) is 5.99. The highest BCUT2D eigenvalue weighted by atomic mass is 16.3. The van der Waals surface area contributed by atoms with Crippen LogP contribution in [0.5, 0.6) is 0 Å². The first-order valence-corrected chi connectivity index (χ1v) is 5.99. The number of ketones is 1. The Hall–Kier alpha value is -1.57. The van der Waals surface area contributed by atoms with Crippen molar-refractivity contribution in [3.05, 3.63) is 47.5 Å². The molecule has 2 aliphatic rings. The van der Waals surface area contributed by atoms with Gasteiger partial charge in [-0.2, -0.15) is 0 Å². The van der Waals surface area contributed by atoms with Gasteiger partial charge < -0.3 is 4.42 Å². The molecular formula is C15H16O2. The van der Waals surface area contributed by atoms with Gasteiger partial charge >= 0.3 is 0 Å². The Morgan fingerprint density at radius 1 is 1.53 bits per heavy atom. The van der Waals surface area contributed by atoms with Crippen LogP contribution in [0.2, 0.25) is 0 Å². The van der Waals surface area contributed by atoms with Crippen molar-refractivity contribution in [3.63, 3.8) is 0 Å². The van der Waals surface area contributed by atoms with Crippen molar-refractivity contribution in [2.45, 2.75) is 26.7 Å². The van der Waals surface area contributed by atoms with E-state index in [-0.39, 0.29) is 17.1 Å². The van der Waals surface area contributed by atoms with E-state index in [4.69, 9.17) is 4.42 Å². The van der Waals surface area contributed by atoms with Crippen LogP contribution in [-0.2, 0) is 6.42 Å². The standard InChI is InChI=1S/C15H16O2/c1-9-5-4-6-15(3)7-11-12(10(2)8-17-11)14(16)13(9)15/h4,6,8,13H,1,5,7H2,2-3H3. The maximum atomic E-state index is 12.6. The van der Waals surface area contributed by atoms with E-state index in [1.54, 1.807) is 6.26 Å². The summed E-state index contributed by atoms with van der Waals surface area (Å²) < 4.78 is 5.52. The van der Waals surface area contributed by atoms with Crippen molar-refractivity contribution in [2.24, 2.45) is 11.3 Å². The largest absolute Gasteiger partial charge is 0.468 e. The van der Waals surface area contributed by atoms with Crippen molar-refractivity contribution >= 4 is 5.78 Å². The summed E-state index contributed by atoms with van der Waals surface area (Å²) in [5.74, 6) is 0.955.